The molecule has 1 heterocycles. The Labute approximate surface area is 173 Å². The zero-order valence-electron chi connectivity index (χ0n) is 17.8. The van der Waals surface area contributed by atoms with Crippen LogP contribution in [0.1, 0.15) is 23.5 Å². The third-order valence-corrected chi connectivity index (χ3v) is 5.43. The maximum atomic E-state index is 5.39. The van der Waals surface area contributed by atoms with Crippen molar-refractivity contribution in [2.45, 2.75) is 18.8 Å². The van der Waals surface area contributed by atoms with Crippen LogP contribution < -0.4 is 19.5 Å². The molecule has 0 bridgehead atoms. The Balaban J connectivity index is 1.53. The molecule has 3 rings (SSSR count). The van der Waals surface area contributed by atoms with Crippen LogP contribution in [-0.4, -0.2) is 58.9 Å². The normalized spacial score (nSPS) is 16.6. The van der Waals surface area contributed by atoms with Gasteiger partial charge >= 0.3 is 0 Å². The van der Waals surface area contributed by atoms with Crippen molar-refractivity contribution in [1.29, 1.82) is 0 Å². The number of benzene rings is 2. The van der Waals surface area contributed by atoms with E-state index in [2.05, 4.69) is 33.4 Å². The number of nitrogens with one attached hydrogen (secondary N) is 1. The number of nitrogens with zero attached hydrogens (tertiary/aromatic N) is 2. The van der Waals surface area contributed by atoms with E-state index in [4.69, 9.17) is 14.2 Å². The molecule has 2 aromatic carbocycles. The van der Waals surface area contributed by atoms with E-state index in [0.29, 0.717) is 5.92 Å². The summed E-state index contributed by atoms with van der Waals surface area (Å²) in [6.45, 7) is 2.79. The second kappa shape index (κ2) is 10.0. The molecule has 1 saturated heterocycles. The average molecular weight is 398 g/mol. The number of hydrogen-bond acceptors (Lipinski definition) is 4. The predicted molar refractivity (Wildman–Crippen MR) is 117 cm³/mol. The Hall–Kier alpha value is -2.89. The van der Waals surface area contributed by atoms with Gasteiger partial charge in [0.1, 0.15) is 5.75 Å². The number of aliphatic imine (C=N–C) groups is 1. The van der Waals surface area contributed by atoms with Crippen molar-refractivity contribution >= 4 is 5.96 Å². The molecule has 1 aliphatic heterocycles. The molecular weight excluding hydrogens is 366 g/mol. The molecule has 2 aromatic rings. The number of guanidine groups is 1. The fourth-order valence-corrected chi connectivity index (χ4v) is 3.79. The summed E-state index contributed by atoms with van der Waals surface area (Å²) in [4.78, 5) is 6.82. The minimum atomic E-state index is 0.519. The zero-order valence-corrected chi connectivity index (χ0v) is 17.8. The van der Waals surface area contributed by atoms with Crippen molar-refractivity contribution in [3.05, 3.63) is 53.6 Å². The Bertz CT molecular complexity index is 821. The summed E-state index contributed by atoms with van der Waals surface area (Å²) < 4.78 is 16.0. The number of rotatable bonds is 7. The van der Waals surface area contributed by atoms with Crippen LogP contribution in [-0.2, 0) is 6.42 Å². The third kappa shape index (κ3) is 5.13. The molecule has 0 aromatic heterocycles. The maximum Gasteiger partial charge on any atom is 0.193 e. The van der Waals surface area contributed by atoms with E-state index in [1.54, 1.807) is 21.3 Å². The molecule has 6 nitrogen and oxygen atoms in total. The van der Waals surface area contributed by atoms with Gasteiger partial charge in [-0.25, -0.2) is 0 Å². The average Bonchev–Trinajstić information content (AvgIpc) is 3.26. The van der Waals surface area contributed by atoms with Gasteiger partial charge in [-0.3, -0.25) is 4.99 Å². The lowest BCUT2D eigenvalue weighted by molar-refractivity contribution is 0.354. The van der Waals surface area contributed by atoms with E-state index in [1.165, 1.54) is 11.1 Å². The van der Waals surface area contributed by atoms with E-state index in [1.807, 2.05) is 31.3 Å². The van der Waals surface area contributed by atoms with E-state index in [0.717, 1.165) is 55.7 Å². The lowest BCUT2D eigenvalue weighted by atomic mass is 9.98. The van der Waals surface area contributed by atoms with Crippen LogP contribution in [0, 0.1) is 0 Å². The summed E-state index contributed by atoms with van der Waals surface area (Å²) in [5.74, 6) is 3.89. The summed E-state index contributed by atoms with van der Waals surface area (Å²) >= 11 is 0. The highest BCUT2D eigenvalue weighted by Crippen LogP contribution is 2.29. The Morgan fingerprint density at radius 2 is 1.79 bits per heavy atom. The van der Waals surface area contributed by atoms with Crippen molar-refractivity contribution in [3.63, 3.8) is 0 Å². The first kappa shape index (κ1) is 20.8. The Kier molecular flexibility index (Phi) is 7.22. The van der Waals surface area contributed by atoms with Crippen molar-refractivity contribution in [3.8, 4) is 17.2 Å². The second-order valence-electron chi connectivity index (χ2n) is 7.12. The molecule has 1 unspecified atom stereocenters. The lowest BCUT2D eigenvalue weighted by Gasteiger charge is -2.22. The van der Waals surface area contributed by atoms with E-state index in [-0.39, 0.29) is 0 Å². The minimum absolute atomic E-state index is 0.519. The van der Waals surface area contributed by atoms with Gasteiger partial charge in [0.15, 0.2) is 17.5 Å². The van der Waals surface area contributed by atoms with Gasteiger partial charge in [0.25, 0.3) is 0 Å². The number of likely N-dealkylation sites (tertiary alicyclic amines) is 1. The van der Waals surface area contributed by atoms with Crippen molar-refractivity contribution in [2.24, 2.45) is 4.99 Å². The van der Waals surface area contributed by atoms with E-state index >= 15 is 0 Å². The van der Waals surface area contributed by atoms with Gasteiger partial charge in [0.05, 0.1) is 21.3 Å². The first-order valence-electron chi connectivity index (χ1n) is 9.99. The molecule has 1 N–H and O–H groups in total. The lowest BCUT2D eigenvalue weighted by Crippen LogP contribution is -2.40. The summed E-state index contributed by atoms with van der Waals surface area (Å²) in [6.07, 6.45) is 2.01. The molecule has 1 atom stereocenters. The van der Waals surface area contributed by atoms with Gasteiger partial charge in [-0.05, 0) is 48.2 Å². The van der Waals surface area contributed by atoms with Crippen molar-refractivity contribution in [2.75, 3.05) is 48.0 Å². The predicted octanol–water partition coefficient (Wildman–Crippen LogP) is 3.32. The highest BCUT2D eigenvalue weighted by atomic mass is 16.5. The van der Waals surface area contributed by atoms with Gasteiger partial charge in [-0.1, -0.05) is 18.2 Å². The number of ether oxygens (including phenoxy) is 3. The summed E-state index contributed by atoms with van der Waals surface area (Å²) in [5.41, 5.74) is 2.55. The second-order valence-corrected chi connectivity index (χ2v) is 7.12. The van der Waals surface area contributed by atoms with Crippen LogP contribution in [0.2, 0.25) is 0 Å². The summed E-state index contributed by atoms with van der Waals surface area (Å²) in [5, 5.41) is 3.50. The van der Waals surface area contributed by atoms with Crippen molar-refractivity contribution < 1.29 is 14.2 Å². The largest absolute Gasteiger partial charge is 0.497 e. The Morgan fingerprint density at radius 3 is 2.45 bits per heavy atom. The number of methoxy groups -OCH3 is 3. The summed E-state index contributed by atoms with van der Waals surface area (Å²) in [7, 11) is 6.86. The van der Waals surface area contributed by atoms with Crippen LogP contribution in [0.15, 0.2) is 47.5 Å². The van der Waals surface area contributed by atoms with Gasteiger partial charge in [-0.2, -0.15) is 0 Å². The van der Waals surface area contributed by atoms with E-state index < -0.39 is 0 Å². The van der Waals surface area contributed by atoms with Crippen LogP contribution in [0.5, 0.6) is 17.2 Å². The quantitative estimate of drug-likeness (QED) is 0.574. The number of hydrogen-bond donors (Lipinski definition) is 1. The highest BCUT2D eigenvalue weighted by molar-refractivity contribution is 5.80. The van der Waals surface area contributed by atoms with E-state index in [9.17, 15) is 0 Å². The molecule has 29 heavy (non-hydrogen) atoms. The third-order valence-electron chi connectivity index (χ3n) is 5.43. The molecule has 0 radical (unpaired) electrons. The first-order chi connectivity index (χ1) is 14.2. The fraction of sp³-hybridized carbons (Fsp3) is 0.435. The smallest absolute Gasteiger partial charge is 0.193 e. The van der Waals surface area contributed by atoms with Crippen LogP contribution >= 0.6 is 0 Å². The standard InChI is InChI=1S/C23H31N3O3/c1-24-23(25-13-11-17-5-10-21(28-3)22(15-17)29-4)26-14-12-19(16-26)18-6-8-20(27-2)9-7-18/h5-10,15,19H,11-14,16H2,1-4H3,(H,24,25). The fourth-order valence-electron chi connectivity index (χ4n) is 3.79. The zero-order chi connectivity index (χ0) is 20.6. The SMILES string of the molecule is CN=C(NCCc1ccc(OC)c(OC)c1)N1CCC(c2ccc(OC)cc2)C1. The molecule has 0 spiro atoms. The molecule has 1 fully saturated rings. The topological polar surface area (TPSA) is 55.3 Å². The van der Waals surface area contributed by atoms with Gasteiger partial charge in [-0.15, -0.1) is 0 Å². The van der Waals surface area contributed by atoms with Crippen LogP contribution in [0.3, 0.4) is 0 Å². The van der Waals surface area contributed by atoms with Gasteiger partial charge in [0.2, 0.25) is 0 Å². The molecule has 6 heteroatoms. The van der Waals surface area contributed by atoms with Crippen LogP contribution in [0.25, 0.3) is 0 Å². The van der Waals surface area contributed by atoms with Crippen LogP contribution in [0.4, 0.5) is 0 Å². The highest BCUT2D eigenvalue weighted by Gasteiger charge is 2.26. The minimum Gasteiger partial charge on any atom is -0.497 e. The summed E-state index contributed by atoms with van der Waals surface area (Å²) in [6, 6.07) is 14.5. The van der Waals surface area contributed by atoms with Crippen molar-refractivity contribution in [1.82, 2.24) is 10.2 Å². The monoisotopic (exact) mass is 397 g/mol. The first-order valence-corrected chi connectivity index (χ1v) is 9.99. The molecule has 156 valence electrons. The molecule has 0 aliphatic carbocycles. The Morgan fingerprint density at radius 1 is 1.03 bits per heavy atom. The molecule has 1 aliphatic rings. The maximum absolute atomic E-state index is 5.39. The van der Waals surface area contributed by atoms with Gasteiger partial charge < -0.3 is 24.4 Å². The molecule has 0 saturated carbocycles. The molecular formula is C23H31N3O3. The molecule has 0 amide bonds. The van der Waals surface area contributed by atoms with Gasteiger partial charge in [0, 0.05) is 32.6 Å².